The highest BCUT2D eigenvalue weighted by molar-refractivity contribution is 9.10. The third-order valence-electron chi connectivity index (χ3n) is 8.79. The number of amides is 2. The van der Waals surface area contributed by atoms with Crippen molar-refractivity contribution in [3.05, 3.63) is 124 Å². The molecule has 0 unspecified atom stereocenters. The number of hydrogen-bond acceptors (Lipinski definition) is 5. The highest BCUT2D eigenvalue weighted by Gasteiger charge is 2.36. The van der Waals surface area contributed by atoms with Gasteiger partial charge in [-0.05, 0) is 74.2 Å². The predicted octanol–water partition coefficient (Wildman–Crippen LogP) is 7.44. The van der Waals surface area contributed by atoms with Crippen LogP contribution in [0.3, 0.4) is 0 Å². The van der Waals surface area contributed by atoms with Gasteiger partial charge in [0.25, 0.3) is 10.0 Å². The summed E-state index contributed by atoms with van der Waals surface area (Å²) in [4.78, 5) is 30.7. The fourth-order valence-corrected chi connectivity index (χ4v) is 8.09. The summed E-state index contributed by atoms with van der Waals surface area (Å²) in [6.45, 7) is 3.56. The first-order chi connectivity index (χ1) is 23.7. The number of carbonyl (C=O) groups is 2. The fraction of sp³-hybridized carbons (Fsp3) is 0.333. The monoisotopic (exact) mass is 745 g/mol. The van der Waals surface area contributed by atoms with E-state index in [-0.39, 0.29) is 35.5 Å². The molecule has 0 spiro atoms. The molecule has 0 heterocycles. The van der Waals surface area contributed by atoms with Crippen molar-refractivity contribution in [3.63, 3.8) is 0 Å². The third kappa shape index (κ3) is 9.51. The summed E-state index contributed by atoms with van der Waals surface area (Å²) in [6, 6.07) is 29.7. The average Bonchev–Trinajstić information content (AvgIpc) is 3.10. The summed E-state index contributed by atoms with van der Waals surface area (Å²) in [7, 11) is -4.25. The van der Waals surface area contributed by atoms with Gasteiger partial charge in [0.2, 0.25) is 11.8 Å². The lowest BCUT2D eigenvalue weighted by atomic mass is 9.94. The van der Waals surface area contributed by atoms with E-state index in [1.807, 2.05) is 68.4 Å². The number of ether oxygens (including phenoxy) is 1. The van der Waals surface area contributed by atoms with Gasteiger partial charge in [-0.15, -0.1) is 0 Å². The van der Waals surface area contributed by atoms with E-state index in [1.165, 1.54) is 4.90 Å². The van der Waals surface area contributed by atoms with E-state index in [0.29, 0.717) is 12.4 Å². The van der Waals surface area contributed by atoms with E-state index in [1.54, 1.807) is 48.5 Å². The minimum atomic E-state index is -4.25. The van der Waals surface area contributed by atoms with E-state index in [0.717, 1.165) is 57.6 Å². The van der Waals surface area contributed by atoms with E-state index >= 15 is 0 Å². The summed E-state index contributed by atoms with van der Waals surface area (Å²) < 4.78 is 36.7. The maximum absolute atomic E-state index is 14.8. The topological polar surface area (TPSA) is 96.0 Å². The number of aryl methyl sites for hydroxylation is 1. The Hall–Kier alpha value is -4.15. The third-order valence-corrected chi connectivity index (χ3v) is 11.1. The minimum absolute atomic E-state index is 0.0267. The molecule has 0 aliphatic heterocycles. The number of nitrogens with zero attached hydrogens (tertiary/aromatic N) is 2. The number of para-hydroxylation sites is 2. The van der Waals surface area contributed by atoms with Crippen LogP contribution in [-0.4, -0.2) is 50.4 Å². The summed E-state index contributed by atoms with van der Waals surface area (Å²) in [5, 5.41) is 3.25. The zero-order chi connectivity index (χ0) is 34.8. The van der Waals surface area contributed by atoms with Gasteiger partial charge in [0.1, 0.15) is 18.3 Å². The standard InChI is InChI=1S/C39H44BrN3O5S/c1-3-48-37-20-11-10-19-35(37)43(49(46,47)34-23-21-29(2)22-24-34)28-38(44)42(27-31-15-12-16-32(40)25-31)36(26-30-13-6-4-7-14-30)39(45)41-33-17-8-5-9-18-33/h4,6-7,10-16,19-25,33,36H,3,5,8-9,17-18,26-28H2,1-2H3,(H,41,45)/t36-/m1/s1. The van der Waals surface area contributed by atoms with Gasteiger partial charge in [0, 0.05) is 23.5 Å². The minimum Gasteiger partial charge on any atom is -0.492 e. The van der Waals surface area contributed by atoms with Crippen molar-refractivity contribution in [1.82, 2.24) is 10.2 Å². The van der Waals surface area contributed by atoms with Crippen molar-refractivity contribution in [3.8, 4) is 5.75 Å². The number of sulfonamides is 1. The van der Waals surface area contributed by atoms with Gasteiger partial charge in [-0.2, -0.15) is 0 Å². The molecule has 5 rings (SSSR count). The number of rotatable bonds is 14. The Morgan fingerprint density at radius 3 is 2.24 bits per heavy atom. The van der Waals surface area contributed by atoms with E-state index in [4.69, 9.17) is 4.74 Å². The van der Waals surface area contributed by atoms with Crippen LogP contribution in [0.25, 0.3) is 0 Å². The molecule has 0 radical (unpaired) electrons. The lowest BCUT2D eigenvalue weighted by molar-refractivity contribution is -0.140. The first-order valence-electron chi connectivity index (χ1n) is 16.8. The van der Waals surface area contributed by atoms with Gasteiger partial charge in [-0.25, -0.2) is 8.42 Å². The van der Waals surface area contributed by atoms with Crippen LogP contribution in [0.4, 0.5) is 5.69 Å². The molecule has 1 aliphatic rings. The van der Waals surface area contributed by atoms with Crippen molar-refractivity contribution in [2.75, 3.05) is 17.5 Å². The Bertz CT molecular complexity index is 1810. The molecule has 4 aromatic rings. The summed E-state index contributed by atoms with van der Waals surface area (Å²) in [5.74, 6) is -0.425. The van der Waals surface area contributed by atoms with Crippen LogP contribution < -0.4 is 14.4 Å². The fourth-order valence-electron chi connectivity index (χ4n) is 6.22. The molecular formula is C39H44BrN3O5S. The van der Waals surface area contributed by atoms with Crippen LogP contribution in [0.2, 0.25) is 0 Å². The van der Waals surface area contributed by atoms with Crippen LogP contribution in [0.1, 0.15) is 55.7 Å². The first-order valence-corrected chi connectivity index (χ1v) is 19.1. The molecule has 49 heavy (non-hydrogen) atoms. The number of halogens is 1. The normalized spacial score (nSPS) is 14.1. The van der Waals surface area contributed by atoms with Gasteiger partial charge in [-0.3, -0.25) is 13.9 Å². The van der Waals surface area contributed by atoms with Gasteiger partial charge in [-0.1, -0.05) is 107 Å². The van der Waals surface area contributed by atoms with Crippen molar-refractivity contribution in [2.45, 2.75) is 75.9 Å². The Morgan fingerprint density at radius 2 is 1.55 bits per heavy atom. The van der Waals surface area contributed by atoms with Crippen LogP contribution in [-0.2, 0) is 32.6 Å². The van der Waals surface area contributed by atoms with Crippen LogP contribution in [0, 0.1) is 6.92 Å². The second-order valence-corrected chi connectivity index (χ2v) is 15.2. The van der Waals surface area contributed by atoms with Crippen molar-refractivity contribution in [1.29, 1.82) is 0 Å². The lowest BCUT2D eigenvalue weighted by Crippen LogP contribution is -2.55. The predicted molar refractivity (Wildman–Crippen MR) is 197 cm³/mol. The highest BCUT2D eigenvalue weighted by atomic mass is 79.9. The average molecular weight is 747 g/mol. The number of carbonyl (C=O) groups excluding carboxylic acids is 2. The Kier molecular flexibility index (Phi) is 12.5. The number of anilines is 1. The zero-order valence-corrected chi connectivity index (χ0v) is 30.5. The van der Waals surface area contributed by atoms with Crippen molar-refractivity contribution < 1.29 is 22.7 Å². The second-order valence-electron chi connectivity index (χ2n) is 12.4. The van der Waals surface area contributed by atoms with Crippen LogP contribution >= 0.6 is 15.9 Å². The molecule has 0 bridgehead atoms. The Morgan fingerprint density at radius 1 is 0.878 bits per heavy atom. The molecule has 0 aromatic heterocycles. The molecule has 258 valence electrons. The quantitative estimate of drug-likeness (QED) is 0.145. The van der Waals surface area contributed by atoms with E-state index in [9.17, 15) is 18.0 Å². The smallest absolute Gasteiger partial charge is 0.264 e. The van der Waals surface area contributed by atoms with Gasteiger partial charge < -0.3 is 15.0 Å². The lowest BCUT2D eigenvalue weighted by Gasteiger charge is -2.35. The van der Waals surface area contributed by atoms with Crippen molar-refractivity contribution in [2.24, 2.45) is 0 Å². The van der Waals surface area contributed by atoms with Gasteiger partial charge in [0.05, 0.1) is 17.2 Å². The van der Waals surface area contributed by atoms with E-state index < -0.39 is 28.5 Å². The molecule has 4 aromatic carbocycles. The molecular weight excluding hydrogens is 702 g/mol. The summed E-state index contributed by atoms with van der Waals surface area (Å²) in [6.07, 6.45) is 5.27. The maximum atomic E-state index is 14.8. The Labute approximate surface area is 298 Å². The first kappa shape index (κ1) is 36.1. The van der Waals surface area contributed by atoms with Gasteiger partial charge >= 0.3 is 0 Å². The molecule has 1 saturated carbocycles. The zero-order valence-electron chi connectivity index (χ0n) is 28.1. The molecule has 1 aliphatic carbocycles. The summed E-state index contributed by atoms with van der Waals surface area (Å²) >= 11 is 3.54. The molecule has 0 saturated heterocycles. The molecule has 1 fully saturated rings. The molecule has 10 heteroatoms. The largest absolute Gasteiger partial charge is 0.492 e. The second kappa shape index (κ2) is 17.0. The molecule has 1 N–H and O–H groups in total. The SMILES string of the molecule is CCOc1ccccc1N(CC(=O)N(Cc1cccc(Br)c1)[C@H](Cc1ccccc1)C(=O)NC1CCCCC1)S(=O)(=O)c1ccc(C)cc1. The Balaban J connectivity index is 1.59. The van der Waals surface area contributed by atoms with Crippen LogP contribution in [0.15, 0.2) is 112 Å². The number of hydrogen-bond donors (Lipinski definition) is 1. The number of nitrogens with one attached hydrogen (secondary N) is 1. The molecule has 2 amide bonds. The number of benzene rings is 4. The van der Waals surface area contributed by atoms with E-state index in [2.05, 4.69) is 21.2 Å². The van der Waals surface area contributed by atoms with Crippen LogP contribution in [0.5, 0.6) is 5.75 Å². The van der Waals surface area contributed by atoms with Crippen molar-refractivity contribution >= 4 is 43.5 Å². The highest BCUT2D eigenvalue weighted by Crippen LogP contribution is 2.33. The summed E-state index contributed by atoms with van der Waals surface area (Å²) in [5.41, 5.74) is 2.84. The maximum Gasteiger partial charge on any atom is 0.264 e. The molecule has 8 nitrogen and oxygen atoms in total. The molecule has 1 atom stereocenters. The van der Waals surface area contributed by atoms with Gasteiger partial charge in [0.15, 0.2) is 0 Å².